The molecule has 2 aromatic heterocycles. The summed E-state index contributed by atoms with van der Waals surface area (Å²) >= 11 is 1.50. The minimum atomic E-state index is -0.287. The molecule has 1 aromatic carbocycles. The van der Waals surface area contributed by atoms with E-state index in [0.29, 0.717) is 22.7 Å². The third kappa shape index (κ3) is 3.46. The summed E-state index contributed by atoms with van der Waals surface area (Å²) in [5.41, 5.74) is 1.68. The summed E-state index contributed by atoms with van der Waals surface area (Å²) in [6.07, 6.45) is 3.91. The molecule has 146 valence electrons. The van der Waals surface area contributed by atoms with Gasteiger partial charge in [0.15, 0.2) is 0 Å². The van der Waals surface area contributed by atoms with Crippen LogP contribution in [0, 0.1) is 25.6 Å². The monoisotopic (exact) mass is 398 g/mol. The van der Waals surface area contributed by atoms with Crippen molar-refractivity contribution < 1.29 is 9.18 Å². The van der Waals surface area contributed by atoms with E-state index in [1.807, 2.05) is 6.92 Å². The number of nitrogens with zero attached hydrogens (tertiary/aromatic N) is 3. The van der Waals surface area contributed by atoms with Gasteiger partial charge in [0.05, 0.1) is 10.9 Å². The van der Waals surface area contributed by atoms with Gasteiger partial charge in [-0.1, -0.05) is 6.92 Å². The number of hydrogen-bond donors (Lipinski definition) is 1. The molecule has 4 rings (SSSR count). The highest BCUT2D eigenvalue weighted by molar-refractivity contribution is 7.19. The molecule has 28 heavy (non-hydrogen) atoms. The zero-order valence-electron chi connectivity index (χ0n) is 16.3. The van der Waals surface area contributed by atoms with Crippen LogP contribution in [0.3, 0.4) is 0 Å². The van der Waals surface area contributed by atoms with E-state index in [0.717, 1.165) is 40.4 Å². The second kappa shape index (κ2) is 7.47. The second-order valence-corrected chi connectivity index (χ2v) is 8.73. The molecular weight excluding hydrogens is 375 g/mol. The van der Waals surface area contributed by atoms with E-state index in [4.69, 9.17) is 0 Å². The maximum absolute atomic E-state index is 13.5. The van der Waals surface area contributed by atoms with Crippen LogP contribution in [0.15, 0.2) is 24.5 Å². The number of aryl methyl sites for hydroxylation is 2. The molecule has 1 amide bonds. The van der Waals surface area contributed by atoms with Crippen molar-refractivity contribution in [3.63, 3.8) is 0 Å². The maximum atomic E-state index is 13.5. The Morgan fingerprint density at radius 2 is 2.14 bits per heavy atom. The number of halogens is 1. The van der Waals surface area contributed by atoms with Crippen LogP contribution in [0.5, 0.6) is 0 Å². The van der Waals surface area contributed by atoms with E-state index >= 15 is 0 Å². The van der Waals surface area contributed by atoms with Crippen molar-refractivity contribution in [1.29, 1.82) is 0 Å². The molecule has 0 unspecified atom stereocenters. The van der Waals surface area contributed by atoms with Crippen molar-refractivity contribution >= 4 is 39.0 Å². The van der Waals surface area contributed by atoms with Gasteiger partial charge in [0.25, 0.3) is 5.91 Å². The lowest BCUT2D eigenvalue weighted by Gasteiger charge is -2.32. The number of carbonyl (C=O) groups is 1. The average molecular weight is 399 g/mol. The van der Waals surface area contributed by atoms with Crippen LogP contribution in [0.4, 0.5) is 15.9 Å². The van der Waals surface area contributed by atoms with Crippen LogP contribution in [-0.2, 0) is 0 Å². The molecule has 0 saturated carbocycles. The van der Waals surface area contributed by atoms with Gasteiger partial charge in [0.2, 0.25) is 0 Å². The Morgan fingerprint density at radius 1 is 1.32 bits per heavy atom. The summed E-state index contributed by atoms with van der Waals surface area (Å²) < 4.78 is 13.5. The summed E-state index contributed by atoms with van der Waals surface area (Å²) in [4.78, 5) is 26.1. The number of benzene rings is 1. The van der Waals surface area contributed by atoms with E-state index in [2.05, 4.69) is 27.1 Å². The Bertz CT molecular complexity index is 1050. The Balaban J connectivity index is 1.74. The van der Waals surface area contributed by atoms with Crippen molar-refractivity contribution in [2.75, 3.05) is 23.3 Å². The van der Waals surface area contributed by atoms with Crippen LogP contribution < -0.4 is 10.2 Å². The first-order valence-corrected chi connectivity index (χ1v) is 10.3. The number of nitrogens with one attached hydrogen (secondary N) is 1. The molecular formula is C21H23FN4OS. The van der Waals surface area contributed by atoms with Gasteiger partial charge in [0.1, 0.15) is 22.8 Å². The van der Waals surface area contributed by atoms with Gasteiger partial charge >= 0.3 is 0 Å². The van der Waals surface area contributed by atoms with E-state index in [9.17, 15) is 9.18 Å². The zero-order valence-corrected chi connectivity index (χ0v) is 17.1. The fourth-order valence-corrected chi connectivity index (χ4v) is 4.82. The van der Waals surface area contributed by atoms with Crippen LogP contribution in [-0.4, -0.2) is 29.0 Å². The van der Waals surface area contributed by atoms with E-state index < -0.39 is 0 Å². The number of anilines is 2. The number of aromatic nitrogens is 2. The molecule has 1 aliphatic heterocycles. The Kier molecular flexibility index (Phi) is 5.02. The Labute approximate surface area is 167 Å². The normalized spacial score (nSPS) is 17.1. The fourth-order valence-electron chi connectivity index (χ4n) is 3.84. The second-order valence-electron chi connectivity index (χ2n) is 7.52. The van der Waals surface area contributed by atoms with Gasteiger partial charge < -0.3 is 10.2 Å². The topological polar surface area (TPSA) is 58.1 Å². The molecule has 0 radical (unpaired) electrons. The quantitative estimate of drug-likeness (QED) is 0.679. The van der Waals surface area contributed by atoms with E-state index in [-0.39, 0.29) is 11.7 Å². The minimum absolute atomic E-state index is 0.212. The smallest absolute Gasteiger partial charge is 0.257 e. The fraction of sp³-hybridized carbons (Fsp3) is 0.381. The van der Waals surface area contributed by atoms with Crippen LogP contribution in [0.1, 0.15) is 40.6 Å². The van der Waals surface area contributed by atoms with E-state index in [1.54, 1.807) is 25.4 Å². The zero-order chi connectivity index (χ0) is 19.8. The highest BCUT2D eigenvalue weighted by atomic mass is 32.1. The highest BCUT2D eigenvalue weighted by Crippen LogP contribution is 2.36. The third-order valence-electron chi connectivity index (χ3n) is 5.24. The molecule has 3 heterocycles. The highest BCUT2D eigenvalue weighted by Gasteiger charge is 2.26. The first-order valence-electron chi connectivity index (χ1n) is 9.50. The molecule has 1 saturated heterocycles. The first kappa shape index (κ1) is 18.8. The van der Waals surface area contributed by atoms with Crippen LogP contribution in [0.2, 0.25) is 0 Å². The van der Waals surface area contributed by atoms with Crippen molar-refractivity contribution in [3.05, 3.63) is 46.3 Å². The van der Waals surface area contributed by atoms with Gasteiger partial charge in [-0.2, -0.15) is 0 Å². The maximum Gasteiger partial charge on any atom is 0.257 e. The van der Waals surface area contributed by atoms with Crippen LogP contribution >= 0.6 is 11.3 Å². The first-order chi connectivity index (χ1) is 13.4. The van der Waals surface area contributed by atoms with E-state index in [1.165, 1.54) is 23.8 Å². The number of rotatable bonds is 3. The van der Waals surface area contributed by atoms with Gasteiger partial charge in [-0.25, -0.2) is 14.4 Å². The number of thiophene rings is 1. The van der Waals surface area contributed by atoms with Gasteiger partial charge in [-0.3, -0.25) is 4.79 Å². The summed E-state index contributed by atoms with van der Waals surface area (Å²) in [6.45, 7) is 7.72. The van der Waals surface area contributed by atoms with Gasteiger partial charge in [-0.15, -0.1) is 11.3 Å². The summed E-state index contributed by atoms with van der Waals surface area (Å²) in [6, 6.07) is 4.59. The van der Waals surface area contributed by atoms with Crippen molar-refractivity contribution in [3.8, 4) is 0 Å². The van der Waals surface area contributed by atoms with Gasteiger partial charge in [-0.05, 0) is 56.4 Å². The Morgan fingerprint density at radius 3 is 2.89 bits per heavy atom. The lowest BCUT2D eigenvalue weighted by atomic mass is 10.00. The Hall–Kier alpha value is -2.54. The van der Waals surface area contributed by atoms with Crippen molar-refractivity contribution in [1.82, 2.24) is 9.97 Å². The number of carbonyl (C=O) groups excluding carboxylic acids is 1. The summed E-state index contributed by atoms with van der Waals surface area (Å²) in [7, 11) is 0. The van der Waals surface area contributed by atoms with Crippen LogP contribution in [0.25, 0.3) is 10.2 Å². The molecule has 1 aliphatic rings. The molecule has 1 fully saturated rings. The lowest BCUT2D eigenvalue weighted by molar-refractivity contribution is 0.102. The molecule has 0 spiro atoms. The molecule has 0 aliphatic carbocycles. The minimum Gasteiger partial charge on any atom is -0.356 e. The number of amides is 1. The molecule has 0 bridgehead atoms. The number of hydrogen-bond acceptors (Lipinski definition) is 5. The third-order valence-corrected chi connectivity index (χ3v) is 6.26. The average Bonchev–Trinajstić information content (AvgIpc) is 3.00. The van der Waals surface area contributed by atoms with Gasteiger partial charge in [0, 0.05) is 23.7 Å². The summed E-state index contributed by atoms with van der Waals surface area (Å²) in [5.74, 6) is 0.931. The molecule has 3 aromatic rings. The number of piperidine rings is 1. The standard InChI is InChI=1S/C21H23FN4OS/c1-12-5-4-8-26(10-12)19-18-17(14(3)28-21(18)24-11-23-19)20(27)25-15-6-7-16(22)13(2)9-15/h6-7,9,11-12H,4-5,8,10H2,1-3H3,(H,25,27)/t12-/m0/s1. The molecule has 7 heteroatoms. The molecule has 1 N–H and O–H groups in total. The van der Waals surface area contributed by atoms with Crippen molar-refractivity contribution in [2.24, 2.45) is 5.92 Å². The lowest BCUT2D eigenvalue weighted by Crippen LogP contribution is -2.35. The predicted molar refractivity (Wildman–Crippen MR) is 112 cm³/mol. The SMILES string of the molecule is Cc1cc(NC(=O)c2c(C)sc3ncnc(N4CCC[C@H](C)C4)c23)ccc1F. The summed E-state index contributed by atoms with van der Waals surface area (Å²) in [5, 5.41) is 3.73. The number of fused-ring (bicyclic) bond motifs is 1. The van der Waals surface area contributed by atoms with Crippen molar-refractivity contribution in [2.45, 2.75) is 33.6 Å². The molecule has 5 nitrogen and oxygen atoms in total. The molecule has 1 atom stereocenters. The largest absolute Gasteiger partial charge is 0.356 e. The predicted octanol–water partition coefficient (Wildman–Crippen LogP) is 4.94.